The monoisotopic (exact) mass is 250 g/mol. The van der Waals surface area contributed by atoms with Gasteiger partial charge < -0.3 is 5.73 Å². The Balaban J connectivity index is 1.86. The van der Waals surface area contributed by atoms with E-state index in [9.17, 15) is 0 Å². The normalized spacial score (nSPS) is 10.5. The zero-order chi connectivity index (χ0) is 13.1. The summed E-state index contributed by atoms with van der Waals surface area (Å²) in [5.74, 6) is 0. The second kappa shape index (κ2) is 4.94. The van der Waals surface area contributed by atoms with Crippen molar-refractivity contribution in [2.24, 2.45) is 0 Å². The first kappa shape index (κ1) is 11.5. The molecular formula is C15H14N4. The van der Waals surface area contributed by atoms with Gasteiger partial charge >= 0.3 is 0 Å². The van der Waals surface area contributed by atoms with E-state index in [0.717, 1.165) is 23.4 Å². The van der Waals surface area contributed by atoms with E-state index in [4.69, 9.17) is 5.73 Å². The van der Waals surface area contributed by atoms with Crippen LogP contribution in [0.4, 0.5) is 5.69 Å². The van der Waals surface area contributed by atoms with Crippen LogP contribution in [0.2, 0.25) is 0 Å². The number of nitrogen functional groups attached to an aromatic ring is 1. The third kappa shape index (κ3) is 2.47. The fourth-order valence-electron chi connectivity index (χ4n) is 2.02. The highest BCUT2D eigenvalue weighted by molar-refractivity contribution is 5.75. The lowest BCUT2D eigenvalue weighted by molar-refractivity contribution is 0.686. The first-order chi connectivity index (χ1) is 9.33. The first-order valence-electron chi connectivity index (χ1n) is 6.09. The standard InChI is InChI=1S/C15H14N4/c16-15-4-2-1-3-14(15)13-9-18-19(11-13)10-12-5-7-17-8-6-12/h1-9,11H,10,16H2. The number of rotatable bonds is 3. The van der Waals surface area contributed by atoms with Crippen LogP contribution in [0, 0.1) is 0 Å². The lowest BCUT2D eigenvalue weighted by Crippen LogP contribution is -1.99. The van der Waals surface area contributed by atoms with Gasteiger partial charge in [0.1, 0.15) is 0 Å². The van der Waals surface area contributed by atoms with E-state index >= 15 is 0 Å². The molecular weight excluding hydrogens is 236 g/mol. The van der Waals surface area contributed by atoms with Gasteiger partial charge in [0.25, 0.3) is 0 Å². The van der Waals surface area contributed by atoms with E-state index < -0.39 is 0 Å². The average molecular weight is 250 g/mol. The predicted molar refractivity (Wildman–Crippen MR) is 75.4 cm³/mol. The highest BCUT2D eigenvalue weighted by atomic mass is 15.3. The Hall–Kier alpha value is -2.62. The predicted octanol–water partition coefficient (Wildman–Crippen LogP) is 2.58. The number of pyridine rings is 1. The molecule has 0 spiro atoms. The maximum atomic E-state index is 5.97. The van der Waals surface area contributed by atoms with Gasteiger partial charge in [-0.05, 0) is 23.8 Å². The van der Waals surface area contributed by atoms with Crippen molar-refractivity contribution in [3.05, 3.63) is 66.7 Å². The maximum absolute atomic E-state index is 5.97. The van der Waals surface area contributed by atoms with Gasteiger partial charge in [-0.2, -0.15) is 5.10 Å². The van der Waals surface area contributed by atoms with Crippen LogP contribution < -0.4 is 5.73 Å². The van der Waals surface area contributed by atoms with Crippen LogP contribution in [0.15, 0.2) is 61.2 Å². The maximum Gasteiger partial charge on any atom is 0.0660 e. The molecule has 2 heterocycles. The second-order valence-electron chi connectivity index (χ2n) is 4.37. The number of hydrogen-bond donors (Lipinski definition) is 1. The summed E-state index contributed by atoms with van der Waals surface area (Å²) in [6, 6.07) is 11.8. The molecule has 0 aliphatic carbocycles. The lowest BCUT2D eigenvalue weighted by atomic mass is 10.1. The van der Waals surface area contributed by atoms with Crippen LogP contribution in [0.5, 0.6) is 0 Å². The molecule has 0 aliphatic rings. The molecule has 19 heavy (non-hydrogen) atoms. The molecule has 3 aromatic rings. The van der Waals surface area contributed by atoms with Gasteiger partial charge in [-0.15, -0.1) is 0 Å². The Labute approximate surface area is 111 Å². The quantitative estimate of drug-likeness (QED) is 0.727. The van der Waals surface area contributed by atoms with Crippen molar-refractivity contribution in [3.8, 4) is 11.1 Å². The molecule has 3 rings (SSSR count). The molecule has 0 saturated heterocycles. The molecule has 0 fully saturated rings. The number of para-hydroxylation sites is 1. The third-order valence-electron chi connectivity index (χ3n) is 3.00. The molecule has 0 aliphatic heterocycles. The van der Waals surface area contributed by atoms with Gasteiger partial charge in [0.15, 0.2) is 0 Å². The van der Waals surface area contributed by atoms with Gasteiger partial charge in [0.2, 0.25) is 0 Å². The Kier molecular flexibility index (Phi) is 2.98. The molecule has 0 bridgehead atoms. The number of nitrogens with zero attached hydrogens (tertiary/aromatic N) is 3. The Morgan fingerprint density at radius 3 is 2.63 bits per heavy atom. The minimum atomic E-state index is 0.731. The van der Waals surface area contributed by atoms with Crippen LogP contribution >= 0.6 is 0 Å². The van der Waals surface area contributed by atoms with Crippen LogP contribution in [0.25, 0.3) is 11.1 Å². The van der Waals surface area contributed by atoms with Gasteiger partial charge in [-0.1, -0.05) is 18.2 Å². The van der Waals surface area contributed by atoms with Crippen LogP contribution in [0.3, 0.4) is 0 Å². The van der Waals surface area contributed by atoms with E-state index in [1.165, 1.54) is 5.56 Å². The van der Waals surface area contributed by atoms with Crippen LogP contribution in [-0.4, -0.2) is 14.8 Å². The second-order valence-corrected chi connectivity index (χ2v) is 4.37. The van der Waals surface area contributed by atoms with E-state index in [0.29, 0.717) is 0 Å². The molecule has 2 aromatic heterocycles. The number of nitrogens with two attached hydrogens (primary N) is 1. The molecule has 0 unspecified atom stereocenters. The van der Waals surface area contributed by atoms with Gasteiger partial charge in [0, 0.05) is 35.4 Å². The minimum Gasteiger partial charge on any atom is -0.398 e. The van der Waals surface area contributed by atoms with Crippen molar-refractivity contribution in [2.75, 3.05) is 5.73 Å². The molecule has 0 atom stereocenters. The van der Waals surface area contributed by atoms with Crippen molar-refractivity contribution in [1.82, 2.24) is 14.8 Å². The molecule has 0 saturated carbocycles. The largest absolute Gasteiger partial charge is 0.398 e. The molecule has 4 nitrogen and oxygen atoms in total. The topological polar surface area (TPSA) is 56.7 Å². The summed E-state index contributed by atoms with van der Waals surface area (Å²) in [4.78, 5) is 4.01. The van der Waals surface area contributed by atoms with E-state index in [-0.39, 0.29) is 0 Å². The lowest BCUT2D eigenvalue weighted by Gasteiger charge is -2.02. The highest BCUT2D eigenvalue weighted by Crippen LogP contribution is 2.24. The van der Waals surface area contributed by atoms with Crippen LogP contribution in [-0.2, 0) is 6.54 Å². The number of hydrogen-bond acceptors (Lipinski definition) is 3. The summed E-state index contributed by atoms with van der Waals surface area (Å²) >= 11 is 0. The Bertz CT molecular complexity index is 673. The van der Waals surface area contributed by atoms with Crippen molar-refractivity contribution in [3.63, 3.8) is 0 Å². The smallest absolute Gasteiger partial charge is 0.0660 e. The Morgan fingerprint density at radius 2 is 1.84 bits per heavy atom. The van der Waals surface area contributed by atoms with Crippen molar-refractivity contribution >= 4 is 5.69 Å². The Morgan fingerprint density at radius 1 is 1.05 bits per heavy atom. The summed E-state index contributed by atoms with van der Waals surface area (Å²) in [5, 5.41) is 4.37. The molecule has 0 amide bonds. The van der Waals surface area contributed by atoms with Gasteiger partial charge in [-0.3, -0.25) is 9.67 Å². The fraction of sp³-hybridized carbons (Fsp3) is 0.0667. The van der Waals surface area contributed by atoms with Crippen LogP contribution in [0.1, 0.15) is 5.56 Å². The summed E-state index contributed by atoms with van der Waals surface area (Å²) in [5.41, 5.74) is 9.96. The summed E-state index contributed by atoms with van der Waals surface area (Å²) in [6.07, 6.45) is 7.42. The molecule has 2 N–H and O–H groups in total. The number of benzene rings is 1. The average Bonchev–Trinajstić information content (AvgIpc) is 2.89. The van der Waals surface area contributed by atoms with Crippen molar-refractivity contribution in [1.29, 1.82) is 0 Å². The molecule has 4 heteroatoms. The molecule has 1 aromatic carbocycles. The first-order valence-corrected chi connectivity index (χ1v) is 6.09. The molecule has 94 valence electrons. The van der Waals surface area contributed by atoms with Gasteiger partial charge in [-0.25, -0.2) is 0 Å². The van der Waals surface area contributed by atoms with Crippen molar-refractivity contribution in [2.45, 2.75) is 6.54 Å². The van der Waals surface area contributed by atoms with E-state index in [2.05, 4.69) is 10.1 Å². The summed E-state index contributed by atoms with van der Waals surface area (Å²) in [6.45, 7) is 0.731. The molecule has 0 radical (unpaired) electrons. The highest BCUT2D eigenvalue weighted by Gasteiger charge is 2.05. The van der Waals surface area contributed by atoms with E-state index in [1.807, 2.05) is 53.5 Å². The third-order valence-corrected chi connectivity index (χ3v) is 3.00. The fourth-order valence-corrected chi connectivity index (χ4v) is 2.02. The van der Waals surface area contributed by atoms with Crippen molar-refractivity contribution < 1.29 is 0 Å². The number of aromatic nitrogens is 3. The van der Waals surface area contributed by atoms with E-state index in [1.54, 1.807) is 12.4 Å². The zero-order valence-electron chi connectivity index (χ0n) is 10.4. The van der Waals surface area contributed by atoms with Gasteiger partial charge in [0.05, 0.1) is 12.7 Å². The SMILES string of the molecule is Nc1ccccc1-c1cnn(Cc2ccncc2)c1. The zero-order valence-corrected chi connectivity index (χ0v) is 10.4. The summed E-state index contributed by atoms with van der Waals surface area (Å²) in [7, 11) is 0. The summed E-state index contributed by atoms with van der Waals surface area (Å²) < 4.78 is 1.90. The minimum absolute atomic E-state index is 0.731. The number of anilines is 1.